The Bertz CT molecular complexity index is 560. The third-order valence-electron chi connectivity index (χ3n) is 4.33. The van der Waals surface area contributed by atoms with E-state index in [0.29, 0.717) is 0 Å². The van der Waals surface area contributed by atoms with Crippen molar-refractivity contribution in [2.24, 2.45) is 10.8 Å². The normalized spacial score (nSPS) is 52.7. The Morgan fingerprint density at radius 1 is 1.06 bits per heavy atom. The first-order chi connectivity index (χ1) is 7.92. The fraction of sp³-hybridized carbons (Fsp3) is 0.600. The molecule has 0 amide bonds. The largest absolute Gasteiger partial charge is 0.392 e. The lowest BCUT2D eigenvalue weighted by atomic mass is 9.61. The van der Waals surface area contributed by atoms with Gasteiger partial charge in [-0.2, -0.15) is 0 Å². The fourth-order valence-corrected chi connectivity index (χ4v) is 6.24. The van der Waals surface area contributed by atoms with Gasteiger partial charge in [0.05, 0.1) is 23.7 Å². The Morgan fingerprint density at radius 3 is 2.00 bits per heavy atom. The van der Waals surface area contributed by atoms with Crippen LogP contribution in [0, 0.1) is 10.8 Å². The Balaban J connectivity index is 2.08. The van der Waals surface area contributed by atoms with Crippen LogP contribution < -0.4 is 0 Å². The standard InChI is InChI=1S/C10H8O6S/c11-7-9-3-17(13,14)4-10(9,8(12)16-7)6-2-1-5(9)15-6/h1-2,5-6H,3-4H2. The highest BCUT2D eigenvalue weighted by molar-refractivity contribution is 7.91. The minimum absolute atomic E-state index is 0.351. The molecule has 17 heavy (non-hydrogen) atoms. The molecule has 2 bridgehead atoms. The maximum atomic E-state index is 11.9. The molecule has 90 valence electrons. The van der Waals surface area contributed by atoms with Gasteiger partial charge in [-0.1, -0.05) is 12.2 Å². The number of carbonyl (C=O) groups excluding carboxylic acids is 2. The summed E-state index contributed by atoms with van der Waals surface area (Å²) in [5, 5.41) is 0. The number of rotatable bonds is 0. The molecule has 4 atom stereocenters. The van der Waals surface area contributed by atoms with Crippen molar-refractivity contribution in [3.63, 3.8) is 0 Å². The van der Waals surface area contributed by atoms with Gasteiger partial charge in [0.25, 0.3) is 0 Å². The lowest BCUT2D eigenvalue weighted by molar-refractivity contribution is -0.159. The van der Waals surface area contributed by atoms with Crippen LogP contribution in [0.3, 0.4) is 0 Å². The highest BCUT2D eigenvalue weighted by atomic mass is 32.2. The summed E-state index contributed by atoms with van der Waals surface area (Å²) >= 11 is 0. The van der Waals surface area contributed by atoms with Crippen molar-refractivity contribution in [3.05, 3.63) is 12.2 Å². The summed E-state index contributed by atoms with van der Waals surface area (Å²) in [6, 6.07) is 0. The molecule has 0 aromatic carbocycles. The van der Waals surface area contributed by atoms with E-state index in [9.17, 15) is 18.0 Å². The topological polar surface area (TPSA) is 86.7 Å². The molecular weight excluding hydrogens is 248 g/mol. The molecular formula is C10H8O6S. The Kier molecular flexibility index (Phi) is 1.34. The van der Waals surface area contributed by atoms with Crippen molar-refractivity contribution < 1.29 is 27.5 Å². The molecule has 7 heteroatoms. The summed E-state index contributed by atoms with van der Waals surface area (Å²) in [6.07, 6.45) is 2.01. The first kappa shape index (κ1) is 9.78. The van der Waals surface area contributed by atoms with Crippen LogP contribution in [-0.2, 0) is 28.9 Å². The van der Waals surface area contributed by atoms with E-state index in [2.05, 4.69) is 4.74 Å². The summed E-state index contributed by atoms with van der Waals surface area (Å²) in [5.74, 6) is -2.20. The SMILES string of the molecule is O=C1OC(=O)C23CS(=O)(=O)CC12C1C=CC3O1. The second-order valence-electron chi connectivity index (χ2n) is 5.01. The molecule has 6 nitrogen and oxygen atoms in total. The Hall–Kier alpha value is -1.21. The smallest absolute Gasteiger partial charge is 0.325 e. The first-order valence-corrected chi connectivity index (χ1v) is 7.05. The summed E-state index contributed by atoms with van der Waals surface area (Å²) < 4.78 is 33.8. The van der Waals surface area contributed by atoms with E-state index in [4.69, 9.17) is 4.74 Å². The highest BCUT2D eigenvalue weighted by Crippen LogP contribution is 2.65. The maximum Gasteiger partial charge on any atom is 0.325 e. The summed E-state index contributed by atoms with van der Waals surface area (Å²) in [7, 11) is -3.42. The molecule has 0 aromatic rings. The second kappa shape index (κ2) is 2.32. The number of ether oxygens (including phenoxy) is 2. The van der Waals surface area contributed by atoms with Crippen molar-refractivity contribution in [1.82, 2.24) is 0 Å². The van der Waals surface area contributed by atoms with E-state index in [0.717, 1.165) is 0 Å². The number of fused-ring (bicyclic) bond motifs is 2. The average Bonchev–Trinajstić information content (AvgIpc) is 2.86. The quantitative estimate of drug-likeness (QED) is 0.307. The van der Waals surface area contributed by atoms with E-state index in [1.54, 1.807) is 12.2 Å². The third kappa shape index (κ3) is 0.750. The van der Waals surface area contributed by atoms with Crippen molar-refractivity contribution in [2.45, 2.75) is 12.2 Å². The van der Waals surface area contributed by atoms with Crippen LogP contribution in [0.25, 0.3) is 0 Å². The molecule has 4 aliphatic rings. The monoisotopic (exact) mass is 256 g/mol. The van der Waals surface area contributed by atoms with Crippen LogP contribution in [0.5, 0.6) is 0 Å². The predicted molar refractivity (Wildman–Crippen MR) is 52.4 cm³/mol. The molecule has 3 fully saturated rings. The van der Waals surface area contributed by atoms with E-state index in [-0.39, 0.29) is 11.5 Å². The van der Waals surface area contributed by atoms with E-state index in [1.807, 2.05) is 0 Å². The molecule has 0 aliphatic carbocycles. The van der Waals surface area contributed by atoms with E-state index < -0.39 is 44.8 Å². The lowest BCUT2D eigenvalue weighted by Gasteiger charge is -2.29. The van der Waals surface area contributed by atoms with Gasteiger partial charge in [-0.25, -0.2) is 8.42 Å². The maximum absolute atomic E-state index is 11.9. The molecule has 0 saturated carbocycles. The van der Waals surface area contributed by atoms with Crippen LogP contribution in [0.1, 0.15) is 0 Å². The van der Waals surface area contributed by atoms with Crippen molar-refractivity contribution in [3.8, 4) is 0 Å². The van der Waals surface area contributed by atoms with Gasteiger partial charge >= 0.3 is 11.9 Å². The van der Waals surface area contributed by atoms with Crippen LogP contribution in [-0.4, -0.2) is 44.1 Å². The van der Waals surface area contributed by atoms with Crippen LogP contribution in [0.4, 0.5) is 0 Å². The number of sulfone groups is 1. The van der Waals surface area contributed by atoms with Gasteiger partial charge < -0.3 is 9.47 Å². The number of cyclic esters (lactones) is 2. The molecule has 0 N–H and O–H groups in total. The molecule has 0 radical (unpaired) electrons. The van der Waals surface area contributed by atoms with E-state index in [1.165, 1.54) is 0 Å². The molecule has 0 spiro atoms. The van der Waals surface area contributed by atoms with Gasteiger partial charge in [-0.3, -0.25) is 9.59 Å². The average molecular weight is 256 g/mol. The van der Waals surface area contributed by atoms with Crippen LogP contribution >= 0.6 is 0 Å². The first-order valence-electron chi connectivity index (χ1n) is 5.23. The minimum atomic E-state index is -3.42. The molecule has 4 unspecified atom stereocenters. The van der Waals surface area contributed by atoms with Crippen LogP contribution in [0.2, 0.25) is 0 Å². The van der Waals surface area contributed by atoms with Gasteiger partial charge in [0.15, 0.2) is 9.84 Å². The third-order valence-corrected chi connectivity index (χ3v) is 6.12. The zero-order chi connectivity index (χ0) is 12.1. The Labute approximate surface area is 96.5 Å². The van der Waals surface area contributed by atoms with Crippen molar-refractivity contribution in [1.29, 1.82) is 0 Å². The number of esters is 2. The summed E-state index contributed by atoms with van der Waals surface area (Å²) in [4.78, 5) is 23.8. The molecule has 4 aliphatic heterocycles. The molecule has 4 rings (SSSR count). The fourth-order valence-electron chi connectivity index (χ4n) is 3.67. The Morgan fingerprint density at radius 2 is 1.53 bits per heavy atom. The zero-order valence-corrected chi connectivity index (χ0v) is 9.40. The van der Waals surface area contributed by atoms with Gasteiger partial charge in [0.1, 0.15) is 10.8 Å². The molecule has 4 heterocycles. The van der Waals surface area contributed by atoms with Crippen molar-refractivity contribution >= 4 is 21.8 Å². The minimum Gasteiger partial charge on any atom is -0.392 e. The lowest BCUT2D eigenvalue weighted by Crippen LogP contribution is -2.50. The van der Waals surface area contributed by atoms with Crippen LogP contribution in [0.15, 0.2) is 12.2 Å². The number of carbonyl (C=O) groups is 2. The second-order valence-corrected chi connectivity index (χ2v) is 7.08. The van der Waals surface area contributed by atoms with Gasteiger partial charge in [0, 0.05) is 0 Å². The summed E-state index contributed by atoms with van der Waals surface area (Å²) in [5.41, 5.74) is -2.66. The summed E-state index contributed by atoms with van der Waals surface area (Å²) in [6.45, 7) is 0. The number of hydrogen-bond acceptors (Lipinski definition) is 6. The van der Waals surface area contributed by atoms with Gasteiger partial charge in [-0.15, -0.1) is 0 Å². The molecule has 0 aromatic heterocycles. The highest BCUT2D eigenvalue weighted by Gasteiger charge is 2.84. The van der Waals surface area contributed by atoms with Gasteiger partial charge in [-0.05, 0) is 0 Å². The zero-order valence-electron chi connectivity index (χ0n) is 8.58. The van der Waals surface area contributed by atoms with E-state index >= 15 is 0 Å². The number of hydrogen-bond donors (Lipinski definition) is 0. The van der Waals surface area contributed by atoms with Gasteiger partial charge in [0.2, 0.25) is 0 Å². The molecule has 3 saturated heterocycles. The van der Waals surface area contributed by atoms with Crippen molar-refractivity contribution in [2.75, 3.05) is 11.5 Å². The predicted octanol–water partition coefficient (Wildman–Crippen LogP) is -1.19.